The Morgan fingerprint density at radius 3 is 2.46 bits per heavy atom. The van der Waals surface area contributed by atoms with Crippen LogP contribution >= 0.6 is 0 Å². The van der Waals surface area contributed by atoms with Crippen molar-refractivity contribution >= 4 is 34.8 Å². The molecule has 1 aliphatic rings. The van der Waals surface area contributed by atoms with Gasteiger partial charge in [-0.25, -0.2) is 4.79 Å². The number of anilines is 2. The van der Waals surface area contributed by atoms with Gasteiger partial charge in [-0.05, 0) is 63.5 Å². The maximum Gasteiger partial charge on any atom is 0.338 e. The van der Waals surface area contributed by atoms with Crippen LogP contribution in [-0.2, 0) is 25.6 Å². The molecule has 1 amide bonds. The van der Waals surface area contributed by atoms with E-state index in [0.29, 0.717) is 24.4 Å². The molecule has 0 fully saturated rings. The van der Waals surface area contributed by atoms with E-state index in [9.17, 15) is 14.4 Å². The Bertz CT molecular complexity index is 1280. The number of esters is 2. The zero-order valence-electron chi connectivity index (χ0n) is 25.5. The highest BCUT2D eigenvalue weighted by Gasteiger charge is 2.27. The summed E-state index contributed by atoms with van der Waals surface area (Å²) in [5.41, 5.74) is 4.37. The number of carbonyl (C=O) groups is 3. The van der Waals surface area contributed by atoms with Crippen LogP contribution < -0.4 is 15.0 Å². The number of amides is 1. The third kappa shape index (κ3) is 8.59. The highest BCUT2D eigenvalue weighted by atomic mass is 16.6. The van der Waals surface area contributed by atoms with Crippen molar-refractivity contribution in [2.75, 3.05) is 31.0 Å². The molecule has 1 N–H and O–H groups in total. The zero-order chi connectivity index (χ0) is 30.2. The van der Waals surface area contributed by atoms with Gasteiger partial charge >= 0.3 is 11.9 Å². The summed E-state index contributed by atoms with van der Waals surface area (Å²) in [5, 5.41) is 3.12. The molecule has 0 saturated carbocycles. The van der Waals surface area contributed by atoms with E-state index in [1.54, 1.807) is 19.2 Å². The molecular formula is C33H44N2O6. The van der Waals surface area contributed by atoms with E-state index < -0.39 is 11.6 Å². The van der Waals surface area contributed by atoms with Crippen LogP contribution in [0.15, 0.2) is 42.5 Å². The van der Waals surface area contributed by atoms with E-state index in [0.717, 1.165) is 53.8 Å². The van der Waals surface area contributed by atoms with Crippen molar-refractivity contribution in [3.05, 3.63) is 59.2 Å². The molecular weight excluding hydrogens is 520 g/mol. The molecule has 0 aliphatic carbocycles. The Labute approximate surface area is 244 Å². The van der Waals surface area contributed by atoms with Crippen molar-refractivity contribution in [3.8, 4) is 5.75 Å². The molecule has 222 valence electrons. The van der Waals surface area contributed by atoms with Crippen LogP contribution in [0, 0.1) is 5.92 Å². The number of carbonyl (C=O) groups excluding carboxylic acids is 3. The van der Waals surface area contributed by atoms with E-state index in [4.69, 9.17) is 14.2 Å². The molecule has 0 aromatic heterocycles. The number of methoxy groups -OCH3 is 2. The number of hydrogen-bond donors (Lipinski definition) is 1. The average Bonchev–Trinajstić information content (AvgIpc) is 3.27. The number of nitrogens with zero attached hydrogens (tertiary/aromatic N) is 1. The third-order valence-corrected chi connectivity index (χ3v) is 7.11. The first-order valence-electron chi connectivity index (χ1n) is 14.4. The zero-order valence-corrected chi connectivity index (χ0v) is 25.5. The van der Waals surface area contributed by atoms with Gasteiger partial charge in [0.05, 0.1) is 26.2 Å². The van der Waals surface area contributed by atoms with Crippen LogP contribution in [-0.4, -0.2) is 44.2 Å². The Balaban J connectivity index is 1.91. The normalized spacial score (nSPS) is 14.4. The minimum Gasteiger partial charge on any atom is -0.496 e. The number of rotatable bonds is 12. The summed E-state index contributed by atoms with van der Waals surface area (Å²) < 4.78 is 16.0. The predicted molar refractivity (Wildman–Crippen MR) is 162 cm³/mol. The molecule has 0 radical (unpaired) electrons. The lowest BCUT2D eigenvalue weighted by atomic mass is 9.98. The summed E-state index contributed by atoms with van der Waals surface area (Å²) in [5.74, 6) is -0.132. The van der Waals surface area contributed by atoms with Gasteiger partial charge < -0.3 is 24.4 Å². The molecule has 1 heterocycles. The first-order chi connectivity index (χ1) is 19.5. The van der Waals surface area contributed by atoms with E-state index in [1.165, 1.54) is 7.11 Å². The van der Waals surface area contributed by atoms with Crippen molar-refractivity contribution in [3.63, 3.8) is 0 Å². The molecule has 41 heavy (non-hydrogen) atoms. The number of unbranched alkanes of at least 4 members (excludes halogenated alkanes) is 1. The summed E-state index contributed by atoms with van der Waals surface area (Å²) in [6.07, 6.45) is 5.80. The van der Waals surface area contributed by atoms with Crippen molar-refractivity contribution in [1.82, 2.24) is 0 Å². The lowest BCUT2D eigenvalue weighted by molar-refractivity contribution is -0.139. The molecule has 8 nitrogen and oxygen atoms in total. The van der Waals surface area contributed by atoms with Gasteiger partial charge in [-0.1, -0.05) is 44.9 Å². The Hall–Kier alpha value is -3.81. The fraction of sp³-hybridized carbons (Fsp3) is 0.485. The molecule has 1 atom stereocenters. The second-order valence-corrected chi connectivity index (χ2v) is 11.4. The van der Waals surface area contributed by atoms with Gasteiger partial charge in [0.1, 0.15) is 11.4 Å². The molecule has 1 aliphatic heterocycles. The molecule has 0 spiro atoms. The van der Waals surface area contributed by atoms with Crippen LogP contribution in [0.4, 0.5) is 11.4 Å². The molecule has 0 bridgehead atoms. The summed E-state index contributed by atoms with van der Waals surface area (Å²) >= 11 is 0. The molecule has 8 heteroatoms. The molecule has 0 saturated heterocycles. The lowest BCUT2D eigenvalue weighted by Gasteiger charge is -2.23. The van der Waals surface area contributed by atoms with Gasteiger partial charge in [-0.3, -0.25) is 9.59 Å². The summed E-state index contributed by atoms with van der Waals surface area (Å²) in [7, 11) is 2.95. The summed E-state index contributed by atoms with van der Waals surface area (Å²) in [4.78, 5) is 39.7. The van der Waals surface area contributed by atoms with Crippen LogP contribution in [0.5, 0.6) is 5.75 Å². The van der Waals surface area contributed by atoms with Gasteiger partial charge in [0.25, 0.3) is 0 Å². The molecule has 2 aromatic rings. The van der Waals surface area contributed by atoms with Crippen LogP contribution in [0.1, 0.15) is 88.2 Å². The first-order valence-corrected chi connectivity index (χ1v) is 14.4. The first kappa shape index (κ1) is 31.7. The summed E-state index contributed by atoms with van der Waals surface area (Å²) in [6, 6.07) is 11.2. The Kier molecular flexibility index (Phi) is 11.0. The number of benzene rings is 2. The Morgan fingerprint density at radius 2 is 1.83 bits per heavy atom. The SMILES string of the molecule is CCCCC(CC)C(=O)Nc1ccc2c(c1)N(Cc1ccc(C(=O)OC(C)(C)C)cc1OC)CC2=CCC(=O)OC. The predicted octanol–water partition coefficient (Wildman–Crippen LogP) is 6.77. The fourth-order valence-corrected chi connectivity index (χ4v) is 4.88. The topological polar surface area (TPSA) is 94.2 Å². The monoisotopic (exact) mass is 564 g/mol. The standard InChI is InChI=1S/C33H44N2O6/c1-8-10-11-22(9-2)31(37)34-26-15-16-27-24(14-17-30(36)40-7)20-35(28(27)19-26)21-25-13-12-23(18-29(25)39-6)32(38)41-33(3,4)5/h12-16,18-19,22H,8-11,17,20-21H2,1-7H3,(H,34,37). The van der Waals surface area contributed by atoms with E-state index in [2.05, 4.69) is 17.1 Å². The largest absolute Gasteiger partial charge is 0.496 e. The lowest BCUT2D eigenvalue weighted by Crippen LogP contribution is -2.24. The van der Waals surface area contributed by atoms with Crippen molar-refractivity contribution in [1.29, 1.82) is 0 Å². The van der Waals surface area contributed by atoms with Crippen LogP contribution in [0.25, 0.3) is 5.57 Å². The average molecular weight is 565 g/mol. The van der Waals surface area contributed by atoms with Gasteiger partial charge in [-0.15, -0.1) is 0 Å². The van der Waals surface area contributed by atoms with E-state index in [1.807, 2.05) is 58.0 Å². The minimum atomic E-state index is -0.602. The number of nitrogens with one attached hydrogen (secondary N) is 1. The van der Waals surface area contributed by atoms with Crippen molar-refractivity contribution < 1.29 is 28.6 Å². The quantitative estimate of drug-likeness (QED) is 0.284. The second kappa shape index (κ2) is 14.2. The second-order valence-electron chi connectivity index (χ2n) is 11.4. The maximum atomic E-state index is 13.0. The molecule has 1 unspecified atom stereocenters. The summed E-state index contributed by atoms with van der Waals surface area (Å²) in [6.45, 7) is 10.7. The smallest absolute Gasteiger partial charge is 0.338 e. The highest BCUT2D eigenvalue weighted by molar-refractivity contribution is 5.95. The highest BCUT2D eigenvalue weighted by Crippen LogP contribution is 2.40. The van der Waals surface area contributed by atoms with Crippen molar-refractivity contribution in [2.24, 2.45) is 5.92 Å². The van der Waals surface area contributed by atoms with Gasteiger partial charge in [0.15, 0.2) is 0 Å². The van der Waals surface area contributed by atoms with Crippen LogP contribution in [0.3, 0.4) is 0 Å². The van der Waals surface area contributed by atoms with Crippen LogP contribution in [0.2, 0.25) is 0 Å². The molecule has 3 rings (SSSR count). The third-order valence-electron chi connectivity index (χ3n) is 7.11. The number of ether oxygens (including phenoxy) is 3. The van der Waals surface area contributed by atoms with Crippen molar-refractivity contribution in [2.45, 2.75) is 78.9 Å². The Morgan fingerprint density at radius 1 is 1.07 bits per heavy atom. The van der Waals surface area contributed by atoms with Gasteiger partial charge in [-0.2, -0.15) is 0 Å². The number of fused-ring (bicyclic) bond motifs is 1. The van der Waals surface area contributed by atoms with E-state index >= 15 is 0 Å². The van der Waals surface area contributed by atoms with Gasteiger partial charge in [0, 0.05) is 41.5 Å². The minimum absolute atomic E-state index is 0.0254. The number of hydrogen-bond acceptors (Lipinski definition) is 7. The maximum absolute atomic E-state index is 13.0. The van der Waals surface area contributed by atoms with Gasteiger partial charge in [0.2, 0.25) is 5.91 Å². The fourth-order valence-electron chi connectivity index (χ4n) is 4.88. The molecule has 2 aromatic carbocycles. The van der Waals surface area contributed by atoms with E-state index in [-0.39, 0.29) is 24.2 Å².